The lowest BCUT2D eigenvalue weighted by Crippen LogP contribution is -2.22. The molecule has 0 unspecified atom stereocenters. The van der Waals surface area contributed by atoms with Gasteiger partial charge in [0.25, 0.3) is 0 Å². The molecule has 1 heterocycles. The Morgan fingerprint density at radius 1 is 1.47 bits per heavy atom. The zero-order valence-electron chi connectivity index (χ0n) is 8.53. The molecule has 4 nitrogen and oxygen atoms in total. The fraction of sp³-hybridized carbons (Fsp3) is 0.182. The molecule has 0 aliphatic rings. The van der Waals surface area contributed by atoms with Gasteiger partial charge < -0.3 is 15.6 Å². The molecule has 3 N–H and O–H groups in total. The zero-order valence-corrected chi connectivity index (χ0v) is 8.53. The predicted octanol–water partition coefficient (Wildman–Crippen LogP) is 0.969. The summed E-state index contributed by atoms with van der Waals surface area (Å²) in [5.41, 5.74) is 7.39. The van der Waals surface area contributed by atoms with E-state index in [1.165, 1.54) is 0 Å². The lowest BCUT2D eigenvalue weighted by Gasteiger charge is -2.04. The van der Waals surface area contributed by atoms with Gasteiger partial charge in [-0.25, -0.2) is 0 Å². The van der Waals surface area contributed by atoms with Crippen molar-refractivity contribution < 1.29 is 4.79 Å². The number of nitrogens with zero attached hydrogens (tertiary/aromatic N) is 1. The normalized spacial score (nSPS) is 10.5. The highest BCUT2D eigenvalue weighted by molar-refractivity contribution is 5.85. The van der Waals surface area contributed by atoms with Gasteiger partial charge in [-0.1, -0.05) is 6.07 Å². The number of carbonyl (C=O) groups is 1. The zero-order chi connectivity index (χ0) is 10.8. The first-order chi connectivity index (χ1) is 7.20. The summed E-state index contributed by atoms with van der Waals surface area (Å²) in [5.74, 6) is -0.0186. The number of nitrogen functional groups attached to an aromatic ring is 1. The largest absolute Gasteiger partial charge is 0.399 e. The van der Waals surface area contributed by atoms with Gasteiger partial charge >= 0.3 is 0 Å². The van der Waals surface area contributed by atoms with Crippen molar-refractivity contribution in [2.24, 2.45) is 0 Å². The van der Waals surface area contributed by atoms with Gasteiger partial charge in [0.15, 0.2) is 0 Å². The van der Waals surface area contributed by atoms with E-state index in [2.05, 4.69) is 5.32 Å². The van der Waals surface area contributed by atoms with Crippen LogP contribution in [0.25, 0.3) is 10.9 Å². The number of likely N-dealkylation sites (N-methyl/N-ethyl adjacent to an activating group) is 1. The second kappa shape index (κ2) is 3.65. The van der Waals surface area contributed by atoms with E-state index in [9.17, 15) is 4.79 Å². The molecule has 15 heavy (non-hydrogen) atoms. The van der Waals surface area contributed by atoms with E-state index in [-0.39, 0.29) is 5.91 Å². The van der Waals surface area contributed by atoms with Crippen molar-refractivity contribution >= 4 is 22.5 Å². The third-order valence-electron chi connectivity index (χ3n) is 2.39. The van der Waals surface area contributed by atoms with E-state index in [0.717, 1.165) is 10.9 Å². The highest BCUT2D eigenvalue weighted by atomic mass is 16.1. The summed E-state index contributed by atoms with van der Waals surface area (Å²) in [6.07, 6.45) is 1.89. The fourth-order valence-electron chi connectivity index (χ4n) is 1.57. The van der Waals surface area contributed by atoms with Crippen LogP contribution >= 0.6 is 0 Å². The molecule has 2 rings (SSSR count). The summed E-state index contributed by atoms with van der Waals surface area (Å²) >= 11 is 0. The number of carbonyl (C=O) groups excluding carboxylic acids is 1. The summed E-state index contributed by atoms with van der Waals surface area (Å²) < 4.78 is 1.88. The molecule has 0 spiro atoms. The average Bonchev–Trinajstić information content (AvgIpc) is 2.61. The summed E-state index contributed by atoms with van der Waals surface area (Å²) in [4.78, 5) is 11.2. The van der Waals surface area contributed by atoms with Crippen LogP contribution in [0.4, 0.5) is 5.69 Å². The Morgan fingerprint density at radius 3 is 3.00 bits per heavy atom. The van der Waals surface area contributed by atoms with Gasteiger partial charge in [0.1, 0.15) is 6.54 Å². The maximum Gasteiger partial charge on any atom is 0.239 e. The molecule has 0 aliphatic heterocycles. The number of amides is 1. The fourth-order valence-corrected chi connectivity index (χ4v) is 1.57. The lowest BCUT2D eigenvalue weighted by atomic mass is 10.2. The summed E-state index contributed by atoms with van der Waals surface area (Å²) in [6, 6.07) is 7.65. The smallest absolute Gasteiger partial charge is 0.239 e. The molecule has 1 aromatic carbocycles. The van der Waals surface area contributed by atoms with Crippen LogP contribution in [-0.2, 0) is 11.3 Å². The predicted molar refractivity (Wildman–Crippen MR) is 60.4 cm³/mol. The van der Waals surface area contributed by atoms with Crippen LogP contribution in [0.2, 0.25) is 0 Å². The maximum absolute atomic E-state index is 11.2. The number of nitrogens with two attached hydrogens (primary N) is 1. The first-order valence-electron chi connectivity index (χ1n) is 4.75. The van der Waals surface area contributed by atoms with Gasteiger partial charge in [0.2, 0.25) is 5.91 Å². The molecule has 1 amide bonds. The van der Waals surface area contributed by atoms with Gasteiger partial charge in [-0.2, -0.15) is 0 Å². The van der Waals surface area contributed by atoms with Gasteiger partial charge in [-0.05, 0) is 23.6 Å². The van der Waals surface area contributed by atoms with Crippen molar-refractivity contribution in [2.45, 2.75) is 6.54 Å². The molecule has 0 fully saturated rings. The third-order valence-corrected chi connectivity index (χ3v) is 2.39. The standard InChI is InChI=1S/C11H13N3O/c1-13-11(15)7-14-5-4-8-2-3-9(12)6-10(8)14/h2-6H,7,12H2,1H3,(H,13,15). The summed E-state index contributed by atoms with van der Waals surface area (Å²) in [5, 5.41) is 3.68. The van der Waals surface area contributed by atoms with Crippen LogP contribution in [-0.4, -0.2) is 17.5 Å². The number of hydrogen-bond acceptors (Lipinski definition) is 2. The Labute approximate surface area is 87.7 Å². The lowest BCUT2D eigenvalue weighted by molar-refractivity contribution is -0.121. The number of benzene rings is 1. The first kappa shape index (κ1) is 9.58. The van der Waals surface area contributed by atoms with Gasteiger partial charge in [0, 0.05) is 18.9 Å². The minimum Gasteiger partial charge on any atom is -0.399 e. The van der Waals surface area contributed by atoms with Gasteiger partial charge in [-0.3, -0.25) is 4.79 Å². The second-order valence-electron chi connectivity index (χ2n) is 3.44. The van der Waals surface area contributed by atoms with Crippen LogP contribution in [0.5, 0.6) is 0 Å². The second-order valence-corrected chi connectivity index (χ2v) is 3.44. The van der Waals surface area contributed by atoms with Crippen LogP contribution < -0.4 is 11.1 Å². The van der Waals surface area contributed by atoms with Crippen molar-refractivity contribution in [1.29, 1.82) is 0 Å². The molecular weight excluding hydrogens is 190 g/mol. The molecule has 0 radical (unpaired) electrons. The molecule has 0 saturated carbocycles. The van der Waals surface area contributed by atoms with E-state index in [1.807, 2.05) is 35.0 Å². The first-order valence-corrected chi connectivity index (χ1v) is 4.75. The van der Waals surface area contributed by atoms with Gasteiger partial charge in [0.05, 0.1) is 5.52 Å². The number of rotatable bonds is 2. The molecule has 2 aromatic rings. The molecule has 1 aromatic heterocycles. The molecule has 0 atom stereocenters. The molecule has 78 valence electrons. The van der Waals surface area contributed by atoms with Crippen molar-refractivity contribution in [2.75, 3.05) is 12.8 Å². The molecule has 0 bridgehead atoms. The monoisotopic (exact) mass is 203 g/mol. The van der Waals surface area contributed by atoms with Crippen molar-refractivity contribution in [1.82, 2.24) is 9.88 Å². The number of fused-ring (bicyclic) bond motifs is 1. The van der Waals surface area contributed by atoms with Crippen LogP contribution in [0.3, 0.4) is 0 Å². The number of nitrogens with one attached hydrogen (secondary N) is 1. The van der Waals surface area contributed by atoms with E-state index >= 15 is 0 Å². The Bertz CT molecular complexity index is 502. The Morgan fingerprint density at radius 2 is 2.27 bits per heavy atom. The number of anilines is 1. The minimum atomic E-state index is -0.0186. The number of aromatic nitrogens is 1. The summed E-state index contributed by atoms with van der Waals surface area (Å²) in [6.45, 7) is 0.323. The van der Waals surface area contributed by atoms with Crippen molar-refractivity contribution in [3.8, 4) is 0 Å². The van der Waals surface area contributed by atoms with E-state index < -0.39 is 0 Å². The Balaban J connectivity index is 2.43. The minimum absolute atomic E-state index is 0.0186. The Kier molecular flexibility index (Phi) is 2.33. The van der Waals surface area contributed by atoms with E-state index in [4.69, 9.17) is 5.73 Å². The highest BCUT2D eigenvalue weighted by Gasteiger charge is 2.04. The summed E-state index contributed by atoms with van der Waals surface area (Å²) in [7, 11) is 1.63. The van der Waals surface area contributed by atoms with Crippen molar-refractivity contribution in [3.63, 3.8) is 0 Å². The van der Waals surface area contributed by atoms with Gasteiger partial charge in [-0.15, -0.1) is 0 Å². The number of hydrogen-bond donors (Lipinski definition) is 2. The van der Waals surface area contributed by atoms with Crippen LogP contribution in [0.15, 0.2) is 30.5 Å². The van der Waals surface area contributed by atoms with E-state index in [1.54, 1.807) is 7.05 Å². The SMILES string of the molecule is CNC(=O)Cn1ccc2ccc(N)cc21. The van der Waals surface area contributed by atoms with Crippen LogP contribution in [0.1, 0.15) is 0 Å². The maximum atomic E-state index is 11.2. The quantitative estimate of drug-likeness (QED) is 0.714. The highest BCUT2D eigenvalue weighted by Crippen LogP contribution is 2.18. The Hall–Kier alpha value is -1.97. The molecule has 4 heteroatoms. The molecular formula is C11H13N3O. The van der Waals surface area contributed by atoms with E-state index in [0.29, 0.717) is 12.2 Å². The topological polar surface area (TPSA) is 60.0 Å². The average molecular weight is 203 g/mol. The third kappa shape index (κ3) is 1.79. The molecule has 0 saturated heterocycles. The molecule has 0 aliphatic carbocycles. The van der Waals surface area contributed by atoms with Crippen LogP contribution in [0, 0.1) is 0 Å². The van der Waals surface area contributed by atoms with Crippen molar-refractivity contribution in [3.05, 3.63) is 30.5 Å².